The molecule has 1 N–H and O–H groups in total. The van der Waals surface area contributed by atoms with Crippen molar-refractivity contribution in [3.8, 4) is 0 Å². The Morgan fingerprint density at radius 3 is 1.62 bits per heavy atom. The van der Waals surface area contributed by atoms with E-state index in [-0.39, 0.29) is 11.8 Å². The Morgan fingerprint density at radius 2 is 1.22 bits per heavy atom. The highest BCUT2D eigenvalue weighted by Gasteiger charge is 2.41. The van der Waals surface area contributed by atoms with E-state index in [1.165, 1.54) is 25.7 Å². The van der Waals surface area contributed by atoms with Gasteiger partial charge in [-0.1, -0.05) is 59.3 Å². The fourth-order valence-electron chi connectivity index (χ4n) is 5.47. The van der Waals surface area contributed by atoms with Crippen LogP contribution in [-0.2, 0) is 23.9 Å². The minimum Gasteiger partial charge on any atom is -0.481 e. The predicted molar refractivity (Wildman–Crippen MR) is 125 cm³/mol. The van der Waals surface area contributed by atoms with E-state index in [1.54, 1.807) is 13.8 Å². The minimum absolute atomic E-state index is 0.0923. The summed E-state index contributed by atoms with van der Waals surface area (Å²) in [6.07, 6.45) is 11.3. The first-order valence-electron chi connectivity index (χ1n) is 12.8. The van der Waals surface area contributed by atoms with Gasteiger partial charge in [0.15, 0.2) is 5.92 Å². The van der Waals surface area contributed by atoms with Crippen LogP contribution in [0.1, 0.15) is 98.8 Å². The molecule has 0 radical (unpaired) electrons. The number of rotatable bonds is 11. The molecule has 32 heavy (non-hydrogen) atoms. The molecular weight excluding hydrogens is 408 g/mol. The third-order valence-electron chi connectivity index (χ3n) is 7.21. The predicted octanol–water partition coefficient (Wildman–Crippen LogP) is 5.87. The second-order valence-corrected chi connectivity index (χ2v) is 9.56. The van der Waals surface area contributed by atoms with Crippen LogP contribution in [0, 0.1) is 35.5 Å². The number of carboxylic acids is 1. The number of hydrogen-bond donors (Lipinski definition) is 1. The van der Waals surface area contributed by atoms with Crippen LogP contribution < -0.4 is 0 Å². The van der Waals surface area contributed by atoms with Gasteiger partial charge in [0.05, 0.1) is 19.1 Å². The van der Waals surface area contributed by atoms with Gasteiger partial charge in [-0.2, -0.15) is 0 Å². The molecule has 2 aliphatic rings. The second-order valence-electron chi connectivity index (χ2n) is 9.56. The summed E-state index contributed by atoms with van der Waals surface area (Å²) in [5.74, 6) is -0.334. The molecule has 0 aromatic rings. The third kappa shape index (κ3) is 9.11. The Bertz CT molecular complexity index is 557. The average molecular weight is 455 g/mol. The zero-order valence-corrected chi connectivity index (χ0v) is 20.9. The minimum atomic E-state index is -0.721. The van der Waals surface area contributed by atoms with Gasteiger partial charge < -0.3 is 14.6 Å². The number of aliphatic carboxylic acids is 1. The molecule has 6 nitrogen and oxygen atoms in total. The van der Waals surface area contributed by atoms with Gasteiger partial charge in [0.2, 0.25) is 0 Å². The summed E-state index contributed by atoms with van der Waals surface area (Å²) in [5, 5.41) is 8.86. The second kappa shape index (κ2) is 15.3. The molecule has 186 valence electrons. The number of carboxylic acid groups (broad SMARTS) is 1. The molecule has 2 saturated carbocycles. The van der Waals surface area contributed by atoms with E-state index >= 15 is 0 Å². The quantitative estimate of drug-likeness (QED) is 0.310. The molecule has 0 spiro atoms. The van der Waals surface area contributed by atoms with E-state index in [9.17, 15) is 14.4 Å². The summed E-state index contributed by atoms with van der Waals surface area (Å²) in [6, 6.07) is 0. The SMILES string of the molecule is CCCC1CCC(C(C(=O)OCC)C(=O)OCC)C1.CCCC1CCC(C(C)C(=O)O)C1. The first-order chi connectivity index (χ1) is 15.3. The van der Waals surface area contributed by atoms with Gasteiger partial charge in [0.25, 0.3) is 0 Å². The molecule has 2 aliphatic carbocycles. The first-order valence-corrected chi connectivity index (χ1v) is 12.8. The molecule has 0 amide bonds. The highest BCUT2D eigenvalue weighted by atomic mass is 16.6. The molecule has 0 aromatic carbocycles. The van der Waals surface area contributed by atoms with Gasteiger partial charge in [-0.05, 0) is 63.2 Å². The molecule has 2 fully saturated rings. The topological polar surface area (TPSA) is 89.9 Å². The van der Waals surface area contributed by atoms with Gasteiger partial charge in [-0.15, -0.1) is 0 Å². The fraction of sp³-hybridized carbons (Fsp3) is 0.885. The van der Waals surface area contributed by atoms with Crippen LogP contribution in [0.25, 0.3) is 0 Å². The zero-order chi connectivity index (χ0) is 24.1. The number of hydrogen-bond acceptors (Lipinski definition) is 5. The van der Waals surface area contributed by atoms with E-state index in [0.29, 0.717) is 25.0 Å². The summed E-state index contributed by atoms with van der Waals surface area (Å²) < 4.78 is 10.1. The Kier molecular flexibility index (Phi) is 13.6. The standard InChI is InChI=1S/C15H26O4.C11H20O2/c1-4-7-11-8-9-12(10-11)13(14(16)18-5-2)15(17)19-6-3;1-3-4-9-5-6-10(7-9)8(2)11(12)13/h11-13H,4-10H2,1-3H3;8-10H,3-7H2,1-2H3,(H,12,13). The van der Waals surface area contributed by atoms with E-state index in [0.717, 1.165) is 44.4 Å². The number of ether oxygens (including phenoxy) is 2. The van der Waals surface area contributed by atoms with Crippen LogP contribution in [0.5, 0.6) is 0 Å². The van der Waals surface area contributed by atoms with Crippen molar-refractivity contribution in [2.45, 2.75) is 98.8 Å². The van der Waals surface area contributed by atoms with E-state index in [4.69, 9.17) is 14.6 Å². The molecule has 0 heterocycles. The summed E-state index contributed by atoms with van der Waals surface area (Å²) in [4.78, 5) is 34.7. The van der Waals surface area contributed by atoms with Crippen molar-refractivity contribution in [2.75, 3.05) is 13.2 Å². The lowest BCUT2D eigenvalue weighted by Gasteiger charge is -2.20. The molecule has 6 heteroatoms. The van der Waals surface area contributed by atoms with Gasteiger partial charge in [0, 0.05) is 0 Å². The zero-order valence-electron chi connectivity index (χ0n) is 20.9. The molecule has 0 aromatic heterocycles. The van der Waals surface area contributed by atoms with Crippen LogP contribution in [-0.4, -0.2) is 36.2 Å². The van der Waals surface area contributed by atoms with Crippen LogP contribution >= 0.6 is 0 Å². The largest absolute Gasteiger partial charge is 0.481 e. The molecule has 5 atom stereocenters. The molecule has 0 bridgehead atoms. The van der Waals surface area contributed by atoms with E-state index in [1.807, 2.05) is 6.92 Å². The summed E-state index contributed by atoms with van der Waals surface area (Å²) in [5.41, 5.74) is 0. The molecule has 2 rings (SSSR count). The normalized spacial score (nSPS) is 25.7. The Balaban J connectivity index is 0.000000343. The summed E-state index contributed by atoms with van der Waals surface area (Å²) in [6.45, 7) is 10.3. The van der Waals surface area contributed by atoms with Gasteiger partial charge in [-0.3, -0.25) is 14.4 Å². The van der Waals surface area contributed by atoms with Crippen molar-refractivity contribution in [1.29, 1.82) is 0 Å². The highest BCUT2D eigenvalue weighted by Crippen LogP contribution is 2.39. The Hall–Kier alpha value is -1.59. The third-order valence-corrected chi connectivity index (χ3v) is 7.21. The summed E-state index contributed by atoms with van der Waals surface area (Å²) >= 11 is 0. The molecule has 0 saturated heterocycles. The monoisotopic (exact) mass is 454 g/mol. The molecule has 5 unspecified atom stereocenters. The number of carbonyl (C=O) groups is 3. The lowest BCUT2D eigenvalue weighted by molar-refractivity contribution is -0.164. The fourth-order valence-corrected chi connectivity index (χ4v) is 5.47. The highest BCUT2D eigenvalue weighted by molar-refractivity contribution is 5.95. The Labute approximate surface area is 194 Å². The van der Waals surface area contributed by atoms with Crippen LogP contribution in [0.3, 0.4) is 0 Å². The van der Waals surface area contributed by atoms with Crippen molar-refractivity contribution in [3.63, 3.8) is 0 Å². The van der Waals surface area contributed by atoms with Crippen LogP contribution in [0.15, 0.2) is 0 Å². The maximum atomic E-state index is 12.0. The van der Waals surface area contributed by atoms with E-state index < -0.39 is 23.8 Å². The Morgan fingerprint density at radius 1 is 0.781 bits per heavy atom. The van der Waals surface area contributed by atoms with Gasteiger partial charge in [0.1, 0.15) is 0 Å². The van der Waals surface area contributed by atoms with Gasteiger partial charge >= 0.3 is 17.9 Å². The number of carbonyl (C=O) groups excluding carboxylic acids is 2. The molecule has 0 aliphatic heterocycles. The van der Waals surface area contributed by atoms with E-state index in [2.05, 4.69) is 13.8 Å². The lowest BCUT2D eigenvalue weighted by Crippen LogP contribution is -2.33. The maximum absolute atomic E-state index is 12.0. The maximum Gasteiger partial charge on any atom is 0.320 e. The first kappa shape index (κ1) is 28.4. The van der Waals surface area contributed by atoms with Crippen molar-refractivity contribution in [1.82, 2.24) is 0 Å². The van der Waals surface area contributed by atoms with Crippen molar-refractivity contribution < 1.29 is 29.0 Å². The smallest absolute Gasteiger partial charge is 0.320 e. The van der Waals surface area contributed by atoms with Crippen LogP contribution in [0.2, 0.25) is 0 Å². The van der Waals surface area contributed by atoms with Crippen LogP contribution in [0.4, 0.5) is 0 Å². The van der Waals surface area contributed by atoms with Crippen molar-refractivity contribution in [2.24, 2.45) is 35.5 Å². The average Bonchev–Trinajstić information content (AvgIpc) is 3.39. The van der Waals surface area contributed by atoms with Crippen molar-refractivity contribution in [3.05, 3.63) is 0 Å². The summed E-state index contributed by atoms with van der Waals surface area (Å²) in [7, 11) is 0. The molecular formula is C26H46O6. The van der Waals surface area contributed by atoms with Gasteiger partial charge in [-0.25, -0.2) is 0 Å². The lowest BCUT2D eigenvalue weighted by atomic mass is 9.89. The number of esters is 2. The van der Waals surface area contributed by atoms with Crippen molar-refractivity contribution >= 4 is 17.9 Å².